The zero-order valence-electron chi connectivity index (χ0n) is 6.45. The summed E-state index contributed by atoms with van der Waals surface area (Å²) >= 11 is 1.34. The van der Waals surface area contributed by atoms with Crippen LogP contribution in [0, 0.1) is 6.92 Å². The van der Waals surface area contributed by atoms with E-state index in [1.54, 1.807) is 0 Å². The van der Waals surface area contributed by atoms with Crippen molar-refractivity contribution < 1.29 is 5.11 Å². The Labute approximate surface area is 70.0 Å². The zero-order valence-corrected chi connectivity index (χ0v) is 7.27. The summed E-state index contributed by atoms with van der Waals surface area (Å²) in [5.41, 5.74) is 6.26. The molecule has 1 unspecified atom stereocenters. The smallest absolute Gasteiger partial charge is 0.0910 e. The van der Waals surface area contributed by atoms with Crippen molar-refractivity contribution in [2.75, 3.05) is 6.54 Å². The van der Waals surface area contributed by atoms with Gasteiger partial charge in [0, 0.05) is 0 Å². The molecule has 0 aliphatic rings. The van der Waals surface area contributed by atoms with E-state index in [-0.39, 0.29) is 0 Å². The lowest BCUT2D eigenvalue weighted by Crippen LogP contribution is -2.05. The number of hydrogen-bond donors (Lipinski definition) is 2. The highest BCUT2D eigenvalue weighted by molar-refractivity contribution is 7.05. The van der Waals surface area contributed by atoms with Crippen molar-refractivity contribution in [3.8, 4) is 0 Å². The van der Waals surface area contributed by atoms with Crippen LogP contribution in [-0.4, -0.2) is 16.0 Å². The number of aliphatic hydroxyl groups is 1. The number of aromatic nitrogens is 1. The van der Waals surface area contributed by atoms with Gasteiger partial charge in [0.05, 0.1) is 16.7 Å². The van der Waals surface area contributed by atoms with E-state index in [2.05, 4.69) is 4.37 Å². The highest BCUT2D eigenvalue weighted by atomic mass is 32.1. The molecule has 1 heterocycles. The normalized spacial score (nSPS) is 13.4. The van der Waals surface area contributed by atoms with Gasteiger partial charge in [-0.1, -0.05) is 0 Å². The number of nitrogens with two attached hydrogens (primary N) is 1. The van der Waals surface area contributed by atoms with Crippen LogP contribution in [0.5, 0.6) is 0 Å². The summed E-state index contributed by atoms with van der Waals surface area (Å²) in [7, 11) is 0. The van der Waals surface area contributed by atoms with Gasteiger partial charge in [-0.2, -0.15) is 4.37 Å². The molecule has 0 aliphatic carbocycles. The van der Waals surface area contributed by atoms with Crippen LogP contribution in [0.15, 0.2) is 6.07 Å². The SMILES string of the molecule is Cc1cc(C(O)CCN)sn1. The molecule has 1 aromatic heterocycles. The molecular formula is C7H12N2OS. The number of nitrogens with zero attached hydrogens (tertiary/aromatic N) is 1. The Bertz CT molecular complexity index is 224. The molecule has 1 atom stereocenters. The summed E-state index contributed by atoms with van der Waals surface area (Å²) in [6.45, 7) is 2.42. The van der Waals surface area contributed by atoms with E-state index in [0.29, 0.717) is 13.0 Å². The molecule has 4 heteroatoms. The van der Waals surface area contributed by atoms with E-state index in [4.69, 9.17) is 5.73 Å². The predicted molar refractivity (Wildman–Crippen MR) is 45.5 cm³/mol. The van der Waals surface area contributed by atoms with Gasteiger partial charge in [0.2, 0.25) is 0 Å². The molecule has 0 fully saturated rings. The van der Waals surface area contributed by atoms with Crippen molar-refractivity contribution in [2.24, 2.45) is 5.73 Å². The summed E-state index contributed by atoms with van der Waals surface area (Å²) in [5, 5.41) is 9.42. The zero-order chi connectivity index (χ0) is 8.27. The minimum absolute atomic E-state index is 0.425. The lowest BCUT2D eigenvalue weighted by atomic mass is 10.2. The van der Waals surface area contributed by atoms with Crippen molar-refractivity contribution in [1.29, 1.82) is 0 Å². The molecule has 1 aromatic rings. The predicted octanol–water partition coefficient (Wildman–Crippen LogP) is 0.834. The molecule has 0 bridgehead atoms. The largest absolute Gasteiger partial charge is 0.387 e. The van der Waals surface area contributed by atoms with E-state index < -0.39 is 6.10 Å². The number of aliphatic hydroxyl groups excluding tert-OH is 1. The van der Waals surface area contributed by atoms with Crippen LogP contribution in [0.2, 0.25) is 0 Å². The summed E-state index contributed by atoms with van der Waals surface area (Å²) in [6, 6.07) is 1.89. The maximum absolute atomic E-state index is 9.42. The van der Waals surface area contributed by atoms with Gasteiger partial charge < -0.3 is 10.8 Å². The highest BCUT2D eigenvalue weighted by Gasteiger charge is 2.08. The Morgan fingerprint density at radius 1 is 1.82 bits per heavy atom. The van der Waals surface area contributed by atoms with Gasteiger partial charge in [-0.25, -0.2) is 0 Å². The first-order valence-electron chi connectivity index (χ1n) is 3.55. The Morgan fingerprint density at radius 3 is 3.00 bits per heavy atom. The maximum atomic E-state index is 9.42. The van der Waals surface area contributed by atoms with Gasteiger partial charge in [-0.15, -0.1) is 0 Å². The Morgan fingerprint density at radius 2 is 2.55 bits per heavy atom. The molecule has 0 amide bonds. The van der Waals surface area contributed by atoms with Gasteiger partial charge in [-0.3, -0.25) is 0 Å². The first-order valence-corrected chi connectivity index (χ1v) is 4.32. The van der Waals surface area contributed by atoms with E-state index in [9.17, 15) is 5.11 Å². The maximum Gasteiger partial charge on any atom is 0.0910 e. The monoisotopic (exact) mass is 172 g/mol. The molecule has 0 aliphatic heterocycles. The third-order valence-electron chi connectivity index (χ3n) is 1.41. The molecule has 0 saturated heterocycles. The minimum atomic E-state index is -0.425. The fourth-order valence-corrected chi connectivity index (χ4v) is 1.61. The molecule has 0 spiro atoms. The molecule has 0 radical (unpaired) electrons. The quantitative estimate of drug-likeness (QED) is 0.710. The fourth-order valence-electron chi connectivity index (χ4n) is 0.840. The number of rotatable bonds is 3. The average molecular weight is 172 g/mol. The average Bonchev–Trinajstić information content (AvgIpc) is 2.36. The van der Waals surface area contributed by atoms with Crippen molar-refractivity contribution >= 4 is 11.5 Å². The summed E-state index contributed by atoms with van der Waals surface area (Å²) in [5.74, 6) is 0. The Hall–Kier alpha value is -0.450. The molecule has 0 aromatic carbocycles. The molecular weight excluding hydrogens is 160 g/mol. The Kier molecular flexibility index (Phi) is 2.99. The van der Waals surface area contributed by atoms with Gasteiger partial charge in [0.25, 0.3) is 0 Å². The second-order valence-corrected chi connectivity index (χ2v) is 3.30. The Balaban J connectivity index is 2.60. The van der Waals surface area contributed by atoms with Crippen LogP contribution >= 0.6 is 11.5 Å². The molecule has 62 valence electrons. The van der Waals surface area contributed by atoms with Crippen LogP contribution < -0.4 is 5.73 Å². The molecule has 3 N–H and O–H groups in total. The minimum Gasteiger partial charge on any atom is -0.387 e. The lowest BCUT2D eigenvalue weighted by molar-refractivity contribution is 0.174. The van der Waals surface area contributed by atoms with Crippen molar-refractivity contribution in [2.45, 2.75) is 19.4 Å². The third kappa shape index (κ3) is 2.25. The van der Waals surface area contributed by atoms with Crippen LogP contribution in [-0.2, 0) is 0 Å². The van der Waals surface area contributed by atoms with Crippen molar-refractivity contribution in [1.82, 2.24) is 4.37 Å². The van der Waals surface area contributed by atoms with E-state index >= 15 is 0 Å². The standard InChI is InChI=1S/C7H12N2OS/c1-5-4-7(11-9-5)6(10)2-3-8/h4,6,10H,2-3,8H2,1H3. The second kappa shape index (κ2) is 3.80. The molecule has 11 heavy (non-hydrogen) atoms. The van der Waals surface area contributed by atoms with E-state index in [1.807, 2.05) is 13.0 Å². The lowest BCUT2D eigenvalue weighted by Gasteiger charge is -2.03. The molecule has 0 saturated carbocycles. The summed E-state index contributed by atoms with van der Waals surface area (Å²) < 4.78 is 4.06. The van der Waals surface area contributed by atoms with E-state index in [1.165, 1.54) is 11.5 Å². The van der Waals surface area contributed by atoms with Crippen LogP contribution in [0.3, 0.4) is 0 Å². The molecule has 1 rings (SSSR count). The van der Waals surface area contributed by atoms with Gasteiger partial charge in [-0.05, 0) is 37.5 Å². The van der Waals surface area contributed by atoms with E-state index in [0.717, 1.165) is 10.6 Å². The van der Waals surface area contributed by atoms with Gasteiger partial charge in [0.1, 0.15) is 0 Å². The van der Waals surface area contributed by atoms with Crippen molar-refractivity contribution in [3.05, 3.63) is 16.6 Å². The van der Waals surface area contributed by atoms with Gasteiger partial charge >= 0.3 is 0 Å². The first kappa shape index (κ1) is 8.64. The van der Waals surface area contributed by atoms with Crippen LogP contribution in [0.25, 0.3) is 0 Å². The molecule has 3 nitrogen and oxygen atoms in total. The van der Waals surface area contributed by atoms with Gasteiger partial charge in [0.15, 0.2) is 0 Å². The highest BCUT2D eigenvalue weighted by Crippen LogP contribution is 2.20. The van der Waals surface area contributed by atoms with Crippen LogP contribution in [0.4, 0.5) is 0 Å². The number of hydrogen-bond acceptors (Lipinski definition) is 4. The second-order valence-electron chi connectivity index (χ2n) is 2.46. The third-order valence-corrected chi connectivity index (χ3v) is 2.39. The summed E-state index contributed by atoms with van der Waals surface area (Å²) in [4.78, 5) is 0.910. The summed E-state index contributed by atoms with van der Waals surface area (Å²) in [6.07, 6.45) is 0.188. The first-order chi connectivity index (χ1) is 5.24. The topological polar surface area (TPSA) is 59.1 Å². The fraction of sp³-hybridized carbons (Fsp3) is 0.571. The number of aryl methyl sites for hydroxylation is 1. The van der Waals surface area contributed by atoms with Crippen LogP contribution in [0.1, 0.15) is 23.1 Å². The van der Waals surface area contributed by atoms with Crippen molar-refractivity contribution in [3.63, 3.8) is 0 Å².